The summed E-state index contributed by atoms with van der Waals surface area (Å²) in [5.41, 5.74) is 3.68. The molecular weight excluding hydrogens is 448 g/mol. The molecule has 0 aliphatic heterocycles. The Kier molecular flexibility index (Phi) is 9.08. The monoisotopic (exact) mass is 488 g/mol. The van der Waals surface area contributed by atoms with Gasteiger partial charge in [0.2, 0.25) is 11.8 Å². The first-order valence-electron chi connectivity index (χ1n) is 12.9. The van der Waals surface area contributed by atoms with Gasteiger partial charge in [0.25, 0.3) is 0 Å². The van der Waals surface area contributed by atoms with Gasteiger partial charge in [-0.05, 0) is 43.0 Å². The number of carbonyl (C=O) groups is 2. The zero-order chi connectivity index (χ0) is 26.3. The Balaban J connectivity index is 1.86. The molecule has 1 aromatic heterocycles. The normalized spacial score (nSPS) is 12.3. The van der Waals surface area contributed by atoms with E-state index >= 15 is 0 Å². The molecular formula is C30H40N4O2. The summed E-state index contributed by atoms with van der Waals surface area (Å²) in [6.45, 7) is 13.0. The molecule has 1 unspecified atom stereocenters. The molecule has 6 nitrogen and oxygen atoms in total. The van der Waals surface area contributed by atoms with Gasteiger partial charge in [0.05, 0.1) is 23.8 Å². The van der Waals surface area contributed by atoms with E-state index in [9.17, 15) is 9.59 Å². The molecule has 1 heterocycles. The van der Waals surface area contributed by atoms with Gasteiger partial charge in [0.15, 0.2) is 0 Å². The molecule has 0 aliphatic carbocycles. The minimum Gasteiger partial charge on any atom is -0.333 e. The predicted octanol–water partition coefficient (Wildman–Crippen LogP) is 6.24. The van der Waals surface area contributed by atoms with E-state index in [4.69, 9.17) is 5.10 Å². The third kappa shape index (κ3) is 6.84. The first-order valence-corrected chi connectivity index (χ1v) is 12.9. The molecule has 2 amide bonds. The van der Waals surface area contributed by atoms with Crippen molar-refractivity contribution in [3.05, 3.63) is 77.5 Å². The van der Waals surface area contributed by atoms with Crippen LogP contribution in [0.2, 0.25) is 0 Å². The molecule has 1 atom stereocenters. The lowest BCUT2D eigenvalue weighted by atomic mass is 9.92. The van der Waals surface area contributed by atoms with E-state index in [0.717, 1.165) is 35.3 Å². The largest absolute Gasteiger partial charge is 0.333 e. The zero-order valence-corrected chi connectivity index (χ0v) is 22.5. The van der Waals surface area contributed by atoms with Crippen LogP contribution in [-0.4, -0.2) is 39.6 Å². The number of aryl methyl sites for hydroxylation is 1. The highest BCUT2D eigenvalue weighted by atomic mass is 16.2. The molecule has 0 radical (unpaired) electrons. The number of nitrogens with one attached hydrogen (secondary N) is 1. The van der Waals surface area contributed by atoms with Gasteiger partial charge < -0.3 is 10.2 Å². The number of hydrogen-bond donors (Lipinski definition) is 1. The van der Waals surface area contributed by atoms with Crippen LogP contribution in [0, 0.1) is 6.92 Å². The second-order valence-electron chi connectivity index (χ2n) is 10.4. The van der Waals surface area contributed by atoms with Crippen LogP contribution in [0.15, 0.2) is 60.7 Å². The molecule has 6 heteroatoms. The third-order valence-electron chi connectivity index (χ3n) is 6.33. The number of nitrogens with zero attached hydrogens (tertiary/aromatic N) is 3. The summed E-state index contributed by atoms with van der Waals surface area (Å²) in [5, 5.41) is 7.86. The molecule has 0 saturated carbocycles. The number of aromatic nitrogens is 2. The molecule has 0 bridgehead atoms. The average Bonchev–Trinajstić information content (AvgIpc) is 3.27. The molecule has 192 valence electrons. The lowest BCUT2D eigenvalue weighted by Crippen LogP contribution is -2.41. The van der Waals surface area contributed by atoms with Crippen LogP contribution in [0.5, 0.6) is 0 Å². The van der Waals surface area contributed by atoms with Gasteiger partial charge >= 0.3 is 0 Å². The van der Waals surface area contributed by atoms with Crippen molar-refractivity contribution in [1.82, 2.24) is 14.7 Å². The summed E-state index contributed by atoms with van der Waals surface area (Å²) in [6, 6.07) is 19.8. The van der Waals surface area contributed by atoms with Crippen molar-refractivity contribution in [3.8, 4) is 5.69 Å². The summed E-state index contributed by atoms with van der Waals surface area (Å²) in [7, 11) is 0. The van der Waals surface area contributed by atoms with E-state index in [2.05, 4.69) is 33.0 Å². The van der Waals surface area contributed by atoms with E-state index in [1.54, 1.807) is 9.58 Å². The van der Waals surface area contributed by atoms with E-state index in [-0.39, 0.29) is 29.7 Å². The van der Waals surface area contributed by atoms with Crippen molar-refractivity contribution in [3.63, 3.8) is 0 Å². The van der Waals surface area contributed by atoms with Crippen LogP contribution >= 0.6 is 0 Å². The van der Waals surface area contributed by atoms with Crippen LogP contribution in [0.1, 0.15) is 76.6 Å². The van der Waals surface area contributed by atoms with Crippen molar-refractivity contribution >= 4 is 17.6 Å². The van der Waals surface area contributed by atoms with Crippen LogP contribution in [-0.2, 0) is 15.0 Å². The van der Waals surface area contributed by atoms with Crippen LogP contribution < -0.4 is 5.32 Å². The van der Waals surface area contributed by atoms with E-state index < -0.39 is 0 Å². The molecule has 0 spiro atoms. The first kappa shape index (κ1) is 27.2. The minimum absolute atomic E-state index is 0.00475. The third-order valence-corrected chi connectivity index (χ3v) is 6.33. The van der Waals surface area contributed by atoms with Gasteiger partial charge in [-0.2, -0.15) is 5.10 Å². The van der Waals surface area contributed by atoms with Crippen LogP contribution in [0.4, 0.5) is 5.82 Å². The van der Waals surface area contributed by atoms with E-state index in [0.29, 0.717) is 18.8 Å². The van der Waals surface area contributed by atoms with Crippen molar-refractivity contribution in [1.29, 1.82) is 0 Å². The summed E-state index contributed by atoms with van der Waals surface area (Å²) in [4.78, 5) is 28.6. The molecule has 0 aliphatic rings. The van der Waals surface area contributed by atoms with Gasteiger partial charge in [-0.25, -0.2) is 4.68 Å². The Labute approximate surface area is 215 Å². The van der Waals surface area contributed by atoms with Crippen molar-refractivity contribution in [2.45, 2.75) is 72.1 Å². The Morgan fingerprint density at radius 1 is 1.03 bits per heavy atom. The quantitative estimate of drug-likeness (QED) is 0.367. The fourth-order valence-corrected chi connectivity index (χ4v) is 4.22. The number of amides is 2. The number of anilines is 1. The molecule has 0 saturated heterocycles. The number of rotatable bonds is 10. The van der Waals surface area contributed by atoms with Crippen LogP contribution in [0.3, 0.4) is 0 Å². The lowest BCUT2D eigenvalue weighted by Gasteiger charge is -2.27. The summed E-state index contributed by atoms with van der Waals surface area (Å²) in [5.74, 6) is 0.112. The number of hydrogen-bond acceptors (Lipinski definition) is 3. The summed E-state index contributed by atoms with van der Waals surface area (Å²) < 4.78 is 1.78. The highest BCUT2D eigenvalue weighted by molar-refractivity contribution is 5.95. The maximum Gasteiger partial charge on any atom is 0.245 e. The fraction of sp³-hybridized carbons (Fsp3) is 0.433. The SMILES string of the molecule is CCCCN(CC(=O)Nc1cc(C(C)(C)C)nn1-c1cccc(C)c1)C(=O)C(CC)c1ccccc1. The van der Waals surface area contributed by atoms with Gasteiger partial charge in [-0.15, -0.1) is 0 Å². The van der Waals surface area contributed by atoms with Gasteiger partial charge in [-0.3, -0.25) is 9.59 Å². The fourth-order valence-electron chi connectivity index (χ4n) is 4.22. The Bertz CT molecular complexity index is 1160. The molecule has 2 aromatic carbocycles. The second-order valence-corrected chi connectivity index (χ2v) is 10.4. The summed E-state index contributed by atoms with van der Waals surface area (Å²) in [6.07, 6.45) is 2.48. The highest BCUT2D eigenvalue weighted by Gasteiger charge is 2.27. The Morgan fingerprint density at radius 2 is 1.75 bits per heavy atom. The van der Waals surface area contributed by atoms with Crippen LogP contribution in [0.25, 0.3) is 5.69 Å². The Morgan fingerprint density at radius 3 is 2.36 bits per heavy atom. The number of benzene rings is 2. The molecule has 1 N–H and O–H groups in total. The maximum absolute atomic E-state index is 13.6. The number of unbranched alkanes of at least 4 members (excludes halogenated alkanes) is 1. The standard InChI is InChI=1S/C30H40N4O2/c1-7-9-18-33(29(36)25(8-2)23-15-11-10-12-16-23)21-28(35)31-27-20-26(30(4,5)6)32-34(27)24-17-13-14-22(3)19-24/h10-17,19-20,25H,7-9,18,21H2,1-6H3,(H,31,35). The second kappa shape index (κ2) is 12.0. The molecule has 0 fully saturated rings. The van der Waals surface area contributed by atoms with Gasteiger partial charge in [0.1, 0.15) is 5.82 Å². The Hall–Kier alpha value is -3.41. The zero-order valence-electron chi connectivity index (χ0n) is 22.5. The topological polar surface area (TPSA) is 67.2 Å². The highest BCUT2D eigenvalue weighted by Crippen LogP contribution is 2.27. The lowest BCUT2D eigenvalue weighted by molar-refractivity contribution is -0.136. The van der Waals surface area contributed by atoms with Gasteiger partial charge in [-0.1, -0.05) is 83.5 Å². The smallest absolute Gasteiger partial charge is 0.245 e. The minimum atomic E-state index is -0.263. The average molecular weight is 489 g/mol. The van der Waals surface area contributed by atoms with Crippen molar-refractivity contribution < 1.29 is 9.59 Å². The number of carbonyl (C=O) groups excluding carboxylic acids is 2. The first-order chi connectivity index (χ1) is 17.1. The van der Waals surface area contributed by atoms with Crippen molar-refractivity contribution in [2.75, 3.05) is 18.4 Å². The molecule has 36 heavy (non-hydrogen) atoms. The molecule has 3 aromatic rings. The van der Waals surface area contributed by atoms with Crippen molar-refractivity contribution in [2.24, 2.45) is 0 Å². The maximum atomic E-state index is 13.6. The van der Waals surface area contributed by atoms with E-state index in [1.165, 1.54) is 0 Å². The van der Waals surface area contributed by atoms with E-state index in [1.807, 2.05) is 74.5 Å². The van der Waals surface area contributed by atoms with Gasteiger partial charge in [0, 0.05) is 18.0 Å². The summed E-state index contributed by atoms with van der Waals surface area (Å²) >= 11 is 0. The predicted molar refractivity (Wildman–Crippen MR) is 147 cm³/mol. The molecule has 3 rings (SSSR count).